The Bertz CT molecular complexity index is 493. The number of hydrogen-bond donors (Lipinski definition) is 2. The topological polar surface area (TPSA) is 75.4 Å². The molecule has 0 spiro atoms. The summed E-state index contributed by atoms with van der Waals surface area (Å²) in [6, 6.07) is 5.46. The third-order valence-corrected chi connectivity index (χ3v) is 3.26. The molecule has 96 valence electrons. The number of hydrogen-bond acceptors (Lipinski definition) is 5. The summed E-state index contributed by atoms with van der Waals surface area (Å²) in [5.74, 6) is 0.352. The average molecular weight is 266 g/mol. The Morgan fingerprint density at radius 2 is 2.39 bits per heavy atom. The first-order valence-electron chi connectivity index (χ1n) is 5.71. The Labute approximate surface area is 108 Å². The molecule has 0 atom stereocenters. The molecule has 0 aliphatic heterocycles. The van der Waals surface area contributed by atoms with Crippen molar-refractivity contribution in [3.8, 4) is 10.6 Å². The number of nitrogens with one attached hydrogen (secondary N) is 1. The third-order valence-electron chi connectivity index (χ3n) is 2.38. The number of carbonyl (C=O) groups is 1. The monoisotopic (exact) mass is 266 g/mol. The molecular weight excluding hydrogens is 252 g/mol. The molecule has 5 nitrogen and oxygen atoms in total. The van der Waals surface area contributed by atoms with Crippen LogP contribution in [0.1, 0.15) is 23.3 Å². The van der Waals surface area contributed by atoms with Crippen LogP contribution in [0, 0.1) is 0 Å². The Hall–Kier alpha value is -1.66. The SMILES string of the molecule is O=C(NCCCCO)c1cc(-c2cccs2)on1. The van der Waals surface area contributed by atoms with Gasteiger partial charge in [-0.2, -0.15) is 0 Å². The molecule has 2 heterocycles. The highest BCUT2D eigenvalue weighted by Crippen LogP contribution is 2.24. The van der Waals surface area contributed by atoms with Gasteiger partial charge in [0, 0.05) is 19.2 Å². The molecular formula is C12H14N2O3S. The van der Waals surface area contributed by atoms with E-state index in [2.05, 4.69) is 10.5 Å². The minimum absolute atomic E-state index is 0.141. The average Bonchev–Trinajstić information content (AvgIpc) is 3.03. The number of amides is 1. The predicted molar refractivity (Wildman–Crippen MR) is 68.5 cm³/mol. The summed E-state index contributed by atoms with van der Waals surface area (Å²) in [5.41, 5.74) is 0.280. The van der Waals surface area contributed by atoms with E-state index < -0.39 is 0 Å². The van der Waals surface area contributed by atoms with Gasteiger partial charge in [0.25, 0.3) is 5.91 Å². The van der Waals surface area contributed by atoms with Crippen LogP contribution in [0.5, 0.6) is 0 Å². The molecule has 2 rings (SSSR count). The van der Waals surface area contributed by atoms with Crippen LogP contribution in [0.3, 0.4) is 0 Å². The van der Waals surface area contributed by atoms with Gasteiger partial charge in [-0.05, 0) is 24.3 Å². The van der Waals surface area contributed by atoms with Crippen molar-refractivity contribution in [1.29, 1.82) is 0 Å². The first kappa shape index (κ1) is 12.8. The zero-order valence-corrected chi connectivity index (χ0v) is 10.6. The second-order valence-corrected chi connectivity index (χ2v) is 4.69. The van der Waals surface area contributed by atoms with E-state index in [1.807, 2.05) is 17.5 Å². The molecule has 0 aliphatic rings. The van der Waals surface area contributed by atoms with Gasteiger partial charge in [-0.15, -0.1) is 11.3 Å². The molecule has 2 N–H and O–H groups in total. The molecule has 0 saturated heterocycles. The van der Waals surface area contributed by atoms with E-state index in [-0.39, 0.29) is 18.2 Å². The molecule has 1 amide bonds. The molecule has 0 unspecified atom stereocenters. The summed E-state index contributed by atoms with van der Waals surface area (Å²) in [4.78, 5) is 12.6. The van der Waals surface area contributed by atoms with Gasteiger partial charge in [0.2, 0.25) is 0 Å². The minimum Gasteiger partial charge on any atom is -0.396 e. The van der Waals surface area contributed by atoms with Gasteiger partial charge in [0.15, 0.2) is 11.5 Å². The fourth-order valence-electron chi connectivity index (χ4n) is 1.45. The maximum absolute atomic E-state index is 11.7. The van der Waals surface area contributed by atoms with E-state index in [9.17, 15) is 4.79 Å². The van der Waals surface area contributed by atoms with Gasteiger partial charge in [-0.25, -0.2) is 0 Å². The van der Waals surface area contributed by atoms with Crippen LogP contribution in [-0.2, 0) is 0 Å². The zero-order valence-electron chi connectivity index (χ0n) is 9.76. The second kappa shape index (κ2) is 6.32. The first-order valence-corrected chi connectivity index (χ1v) is 6.59. The standard InChI is InChI=1S/C12H14N2O3S/c15-6-2-1-5-13-12(16)9-8-10(17-14-9)11-4-3-7-18-11/h3-4,7-8,15H,1-2,5-6H2,(H,13,16). The van der Waals surface area contributed by atoms with Crippen LogP contribution in [0.2, 0.25) is 0 Å². The smallest absolute Gasteiger partial charge is 0.273 e. The van der Waals surface area contributed by atoms with E-state index >= 15 is 0 Å². The maximum atomic E-state index is 11.7. The number of nitrogens with zero attached hydrogens (tertiary/aromatic N) is 1. The predicted octanol–water partition coefficient (Wildman–Crippen LogP) is 1.91. The third kappa shape index (κ3) is 3.18. The lowest BCUT2D eigenvalue weighted by Gasteiger charge is -2.00. The summed E-state index contributed by atoms with van der Waals surface area (Å²) < 4.78 is 5.12. The zero-order chi connectivity index (χ0) is 12.8. The van der Waals surface area contributed by atoms with Crippen molar-refractivity contribution in [2.75, 3.05) is 13.2 Å². The van der Waals surface area contributed by atoms with Crippen molar-refractivity contribution in [3.05, 3.63) is 29.3 Å². The van der Waals surface area contributed by atoms with Gasteiger partial charge in [0.05, 0.1) is 4.88 Å². The number of aliphatic hydroxyl groups excluding tert-OH is 1. The number of aliphatic hydroxyl groups is 1. The molecule has 0 radical (unpaired) electrons. The summed E-state index contributed by atoms with van der Waals surface area (Å²) in [7, 11) is 0. The van der Waals surface area contributed by atoms with E-state index in [1.165, 1.54) is 11.3 Å². The van der Waals surface area contributed by atoms with Crippen molar-refractivity contribution in [2.24, 2.45) is 0 Å². The number of thiophene rings is 1. The largest absolute Gasteiger partial charge is 0.396 e. The highest BCUT2D eigenvalue weighted by molar-refractivity contribution is 7.13. The van der Waals surface area contributed by atoms with Crippen molar-refractivity contribution < 1.29 is 14.4 Å². The summed E-state index contributed by atoms with van der Waals surface area (Å²) >= 11 is 1.53. The van der Waals surface area contributed by atoms with E-state index in [0.29, 0.717) is 18.7 Å². The molecule has 0 aromatic carbocycles. The quantitative estimate of drug-likeness (QED) is 0.783. The highest BCUT2D eigenvalue weighted by atomic mass is 32.1. The normalized spacial score (nSPS) is 10.5. The van der Waals surface area contributed by atoms with Crippen LogP contribution < -0.4 is 5.32 Å². The van der Waals surface area contributed by atoms with Crippen molar-refractivity contribution >= 4 is 17.2 Å². The summed E-state index contributed by atoms with van der Waals surface area (Å²) in [5, 5.41) is 17.0. The number of aromatic nitrogens is 1. The van der Waals surface area contributed by atoms with Crippen LogP contribution in [0.25, 0.3) is 10.6 Å². The lowest BCUT2D eigenvalue weighted by atomic mass is 10.3. The van der Waals surface area contributed by atoms with Crippen LogP contribution in [0.4, 0.5) is 0 Å². The van der Waals surface area contributed by atoms with Gasteiger partial charge in [-0.1, -0.05) is 11.2 Å². The van der Waals surface area contributed by atoms with Gasteiger partial charge in [0.1, 0.15) is 0 Å². The molecule has 6 heteroatoms. The molecule has 2 aromatic heterocycles. The van der Waals surface area contributed by atoms with Gasteiger partial charge < -0.3 is 14.9 Å². The molecule has 0 aliphatic carbocycles. The Balaban J connectivity index is 1.91. The fraction of sp³-hybridized carbons (Fsp3) is 0.333. The van der Waals surface area contributed by atoms with Crippen LogP contribution in [0.15, 0.2) is 28.1 Å². The van der Waals surface area contributed by atoms with Crippen molar-refractivity contribution in [1.82, 2.24) is 10.5 Å². The lowest BCUT2D eigenvalue weighted by Crippen LogP contribution is -2.24. The number of unbranched alkanes of at least 4 members (excludes halogenated alkanes) is 1. The van der Waals surface area contributed by atoms with E-state index in [4.69, 9.17) is 9.63 Å². The van der Waals surface area contributed by atoms with Gasteiger partial charge >= 0.3 is 0 Å². The van der Waals surface area contributed by atoms with Gasteiger partial charge in [-0.3, -0.25) is 4.79 Å². The summed E-state index contributed by atoms with van der Waals surface area (Å²) in [6.45, 7) is 0.670. The molecule has 0 bridgehead atoms. The molecule has 0 saturated carbocycles. The number of carbonyl (C=O) groups excluding carboxylic acids is 1. The minimum atomic E-state index is -0.250. The molecule has 18 heavy (non-hydrogen) atoms. The van der Waals surface area contributed by atoms with Crippen LogP contribution >= 0.6 is 11.3 Å². The van der Waals surface area contributed by atoms with Crippen molar-refractivity contribution in [3.63, 3.8) is 0 Å². The van der Waals surface area contributed by atoms with Crippen molar-refractivity contribution in [2.45, 2.75) is 12.8 Å². The Morgan fingerprint density at radius 1 is 1.50 bits per heavy atom. The molecule has 2 aromatic rings. The number of rotatable bonds is 6. The first-order chi connectivity index (χ1) is 8.81. The lowest BCUT2D eigenvalue weighted by molar-refractivity contribution is 0.0943. The van der Waals surface area contributed by atoms with E-state index in [1.54, 1.807) is 6.07 Å². The fourth-order valence-corrected chi connectivity index (χ4v) is 2.12. The highest BCUT2D eigenvalue weighted by Gasteiger charge is 2.13. The Kier molecular flexibility index (Phi) is 4.49. The van der Waals surface area contributed by atoms with Crippen LogP contribution in [-0.4, -0.2) is 29.3 Å². The van der Waals surface area contributed by atoms with E-state index in [0.717, 1.165) is 11.3 Å². The molecule has 0 fully saturated rings. The summed E-state index contributed by atoms with van der Waals surface area (Å²) in [6.07, 6.45) is 1.43. The Morgan fingerprint density at radius 3 is 3.11 bits per heavy atom. The second-order valence-electron chi connectivity index (χ2n) is 3.74. The maximum Gasteiger partial charge on any atom is 0.273 e.